The number of hydrogen-bond donors (Lipinski definition) is 2. The number of fused-ring (bicyclic) bond motifs is 4. The summed E-state index contributed by atoms with van der Waals surface area (Å²) in [7, 11) is 0. The summed E-state index contributed by atoms with van der Waals surface area (Å²) in [6.07, 6.45) is 1.67. The maximum absolute atomic E-state index is 13.5. The molecule has 3 atom stereocenters. The third-order valence-corrected chi connectivity index (χ3v) is 6.73. The second-order valence-corrected chi connectivity index (χ2v) is 8.47. The average molecular weight is 388 g/mol. The van der Waals surface area contributed by atoms with Crippen LogP contribution < -0.4 is 11.3 Å². The predicted octanol–water partition coefficient (Wildman–Crippen LogP) is -0.333. The second kappa shape index (κ2) is 7.00. The van der Waals surface area contributed by atoms with Gasteiger partial charge in [-0.1, -0.05) is 6.07 Å². The number of likely N-dealkylation sites (tertiary alicyclic amines) is 2. The number of carbonyl (C=O) groups excluding carboxylic acids is 2. The van der Waals surface area contributed by atoms with E-state index in [-0.39, 0.29) is 35.8 Å². The third kappa shape index (κ3) is 3.14. The Hall–Kier alpha value is -2.19. The SMILES string of the molecule is CC(=O)N1C[C@H]2C[C@@H](C1)[C@H](C(=O)N1CCC(O)(CN)CC1)n1c2cccc1=O. The molecule has 28 heavy (non-hydrogen) atoms. The summed E-state index contributed by atoms with van der Waals surface area (Å²) in [5, 5.41) is 10.4. The van der Waals surface area contributed by atoms with Gasteiger partial charge in [-0.2, -0.15) is 0 Å². The van der Waals surface area contributed by atoms with E-state index in [1.54, 1.807) is 27.4 Å². The first-order valence-electron chi connectivity index (χ1n) is 10.0. The zero-order chi connectivity index (χ0) is 20.1. The molecule has 8 nitrogen and oxygen atoms in total. The van der Waals surface area contributed by atoms with Crippen LogP contribution in [0.1, 0.15) is 43.8 Å². The van der Waals surface area contributed by atoms with Crippen molar-refractivity contribution >= 4 is 11.8 Å². The molecular formula is C20H28N4O4. The molecule has 2 amide bonds. The van der Waals surface area contributed by atoms with Gasteiger partial charge in [0.25, 0.3) is 5.56 Å². The van der Waals surface area contributed by atoms with E-state index in [9.17, 15) is 19.5 Å². The van der Waals surface area contributed by atoms with Crippen molar-refractivity contribution in [3.63, 3.8) is 0 Å². The van der Waals surface area contributed by atoms with Crippen LogP contribution in [0.5, 0.6) is 0 Å². The number of aromatic nitrogens is 1. The van der Waals surface area contributed by atoms with Gasteiger partial charge < -0.3 is 20.6 Å². The Kier molecular flexibility index (Phi) is 4.79. The van der Waals surface area contributed by atoms with Gasteiger partial charge in [-0.15, -0.1) is 0 Å². The molecule has 0 aromatic carbocycles. The Morgan fingerprint density at radius 1 is 1.21 bits per heavy atom. The molecule has 1 aromatic rings. The minimum atomic E-state index is -0.917. The molecule has 8 heteroatoms. The minimum Gasteiger partial charge on any atom is -0.388 e. The molecule has 2 fully saturated rings. The van der Waals surface area contributed by atoms with Gasteiger partial charge in [0.05, 0.1) is 5.60 Å². The summed E-state index contributed by atoms with van der Waals surface area (Å²) in [5.41, 5.74) is 5.41. The van der Waals surface area contributed by atoms with Crippen LogP contribution in [-0.4, -0.2) is 69.6 Å². The number of carbonyl (C=O) groups is 2. The van der Waals surface area contributed by atoms with Gasteiger partial charge in [-0.3, -0.25) is 19.0 Å². The summed E-state index contributed by atoms with van der Waals surface area (Å²) < 4.78 is 1.66. The van der Waals surface area contributed by atoms with E-state index in [0.29, 0.717) is 39.0 Å². The lowest BCUT2D eigenvalue weighted by Gasteiger charge is -2.48. The molecule has 4 rings (SSSR count). The number of rotatable bonds is 2. The van der Waals surface area contributed by atoms with Gasteiger partial charge in [0.15, 0.2) is 0 Å². The number of hydrogen-bond acceptors (Lipinski definition) is 5. The normalized spacial score (nSPS) is 28.6. The van der Waals surface area contributed by atoms with E-state index in [2.05, 4.69) is 0 Å². The van der Waals surface area contributed by atoms with Crippen molar-refractivity contribution in [2.24, 2.45) is 11.7 Å². The highest BCUT2D eigenvalue weighted by Gasteiger charge is 2.46. The van der Waals surface area contributed by atoms with Gasteiger partial charge in [-0.25, -0.2) is 0 Å². The lowest BCUT2D eigenvalue weighted by Crippen LogP contribution is -2.57. The Balaban J connectivity index is 1.67. The summed E-state index contributed by atoms with van der Waals surface area (Å²) in [4.78, 5) is 41.8. The number of nitrogens with zero attached hydrogens (tertiary/aromatic N) is 3. The molecule has 4 heterocycles. The Morgan fingerprint density at radius 2 is 1.93 bits per heavy atom. The first-order valence-corrected chi connectivity index (χ1v) is 10.0. The van der Waals surface area contributed by atoms with Crippen molar-refractivity contribution in [3.8, 4) is 0 Å². The van der Waals surface area contributed by atoms with Crippen LogP contribution in [0.2, 0.25) is 0 Å². The van der Waals surface area contributed by atoms with Crippen molar-refractivity contribution < 1.29 is 14.7 Å². The van der Waals surface area contributed by atoms with E-state index in [0.717, 1.165) is 12.1 Å². The minimum absolute atomic E-state index is 0.00129. The number of aliphatic hydroxyl groups is 1. The number of piperidine rings is 2. The highest BCUT2D eigenvalue weighted by molar-refractivity contribution is 5.82. The van der Waals surface area contributed by atoms with Crippen molar-refractivity contribution in [1.82, 2.24) is 14.4 Å². The largest absolute Gasteiger partial charge is 0.388 e. The zero-order valence-corrected chi connectivity index (χ0v) is 16.2. The first kappa shape index (κ1) is 19.1. The molecule has 0 spiro atoms. The molecule has 3 N–H and O–H groups in total. The third-order valence-electron chi connectivity index (χ3n) is 6.73. The van der Waals surface area contributed by atoms with E-state index in [1.165, 1.54) is 6.07 Å². The molecule has 152 valence electrons. The van der Waals surface area contributed by atoms with Crippen molar-refractivity contribution in [2.75, 3.05) is 32.7 Å². The van der Waals surface area contributed by atoms with E-state index < -0.39 is 11.6 Å². The van der Waals surface area contributed by atoms with Crippen molar-refractivity contribution in [2.45, 2.75) is 43.7 Å². The lowest BCUT2D eigenvalue weighted by atomic mass is 9.77. The zero-order valence-electron chi connectivity index (χ0n) is 16.2. The van der Waals surface area contributed by atoms with Crippen LogP contribution in [0.25, 0.3) is 0 Å². The maximum Gasteiger partial charge on any atom is 0.251 e. The highest BCUT2D eigenvalue weighted by atomic mass is 16.3. The maximum atomic E-state index is 13.5. The molecule has 0 saturated carbocycles. The van der Waals surface area contributed by atoms with Gasteiger partial charge in [0.1, 0.15) is 6.04 Å². The molecular weight excluding hydrogens is 360 g/mol. The number of amides is 2. The Morgan fingerprint density at radius 3 is 2.57 bits per heavy atom. The fourth-order valence-corrected chi connectivity index (χ4v) is 5.04. The van der Waals surface area contributed by atoms with Gasteiger partial charge in [0, 0.05) is 63.2 Å². The molecule has 0 radical (unpaired) electrons. The Labute approximate surface area is 163 Å². The van der Waals surface area contributed by atoms with E-state index in [1.807, 2.05) is 6.07 Å². The molecule has 0 unspecified atom stereocenters. The Bertz CT molecular complexity index is 843. The molecule has 2 saturated heterocycles. The smallest absolute Gasteiger partial charge is 0.251 e. The van der Waals surface area contributed by atoms with Crippen molar-refractivity contribution in [3.05, 3.63) is 34.2 Å². The molecule has 2 bridgehead atoms. The summed E-state index contributed by atoms with van der Waals surface area (Å²) in [6, 6.07) is 4.52. The van der Waals surface area contributed by atoms with E-state index in [4.69, 9.17) is 5.73 Å². The number of nitrogens with two attached hydrogens (primary N) is 1. The lowest BCUT2D eigenvalue weighted by molar-refractivity contribution is -0.144. The molecule has 0 aliphatic carbocycles. The van der Waals surface area contributed by atoms with Crippen molar-refractivity contribution in [1.29, 1.82) is 0 Å². The van der Waals surface area contributed by atoms with Crippen LogP contribution in [0.3, 0.4) is 0 Å². The predicted molar refractivity (Wildman–Crippen MR) is 103 cm³/mol. The summed E-state index contributed by atoms with van der Waals surface area (Å²) in [6.45, 7) is 3.65. The highest BCUT2D eigenvalue weighted by Crippen LogP contribution is 2.42. The number of pyridine rings is 1. The summed E-state index contributed by atoms with van der Waals surface area (Å²) >= 11 is 0. The first-order chi connectivity index (χ1) is 13.3. The fourth-order valence-electron chi connectivity index (χ4n) is 5.04. The monoisotopic (exact) mass is 388 g/mol. The van der Waals surface area contributed by atoms with Gasteiger partial charge in [-0.05, 0) is 25.3 Å². The van der Waals surface area contributed by atoms with Gasteiger partial charge >= 0.3 is 0 Å². The molecule has 3 aliphatic heterocycles. The summed E-state index contributed by atoms with van der Waals surface area (Å²) in [5.74, 6) is -0.108. The molecule has 1 aromatic heterocycles. The average Bonchev–Trinajstić information content (AvgIpc) is 2.69. The van der Waals surface area contributed by atoms with Crippen LogP contribution in [0.4, 0.5) is 0 Å². The van der Waals surface area contributed by atoms with Crippen LogP contribution in [0, 0.1) is 5.92 Å². The van der Waals surface area contributed by atoms with E-state index >= 15 is 0 Å². The quantitative estimate of drug-likeness (QED) is 0.721. The standard InChI is InChI=1S/C20H28N4O4/c1-13(25)23-10-14-9-15(11-23)18(24-16(14)3-2-4-17(24)26)19(27)22-7-5-20(28,12-21)6-8-22/h2-4,14-15,18,28H,5-12,21H2,1H3/t14-,15+,18-/m1/s1. The molecule has 3 aliphatic rings. The van der Waals surface area contributed by atoms with Crippen LogP contribution in [-0.2, 0) is 9.59 Å². The fraction of sp³-hybridized carbons (Fsp3) is 0.650. The van der Waals surface area contributed by atoms with Gasteiger partial charge in [0.2, 0.25) is 11.8 Å². The topological polar surface area (TPSA) is 109 Å². The van der Waals surface area contributed by atoms with Crippen LogP contribution >= 0.6 is 0 Å². The second-order valence-electron chi connectivity index (χ2n) is 8.47. The van der Waals surface area contributed by atoms with Crippen LogP contribution in [0.15, 0.2) is 23.0 Å².